The fourth-order valence-corrected chi connectivity index (χ4v) is 4.39. The number of amides is 3. The number of fused-ring (bicyclic) bond motifs is 1. The van der Waals surface area contributed by atoms with E-state index in [2.05, 4.69) is 36.8 Å². The summed E-state index contributed by atoms with van der Waals surface area (Å²) in [6.07, 6.45) is 5.57. The molecule has 2 saturated heterocycles. The van der Waals surface area contributed by atoms with Gasteiger partial charge in [0.15, 0.2) is 0 Å². The topological polar surface area (TPSA) is 125 Å². The molecule has 0 aliphatic carbocycles. The first-order valence-electron chi connectivity index (χ1n) is 12.8. The molecule has 42 heavy (non-hydrogen) atoms. The molecule has 1 aromatic heterocycles. The molecule has 3 heterocycles. The SMILES string of the molecule is CC.CC(C)C1C[C@@H](C(N)=O)N(C(=O)c2cc3c(Cl)cc(Cl)cc3[nH]2)C1.CCC=O.CS.O=C1CCCN1.[CH3-].[CH3-].[Cs+].[Cs+]. The van der Waals surface area contributed by atoms with Gasteiger partial charge in [-0.15, -0.1) is 0 Å². The molecular weight excluding hydrogens is 837 g/mol. The summed E-state index contributed by atoms with van der Waals surface area (Å²) < 4.78 is 0. The first kappa shape index (κ1) is 53.4. The summed E-state index contributed by atoms with van der Waals surface area (Å²) in [6.45, 7) is 11.4. The molecule has 4 rings (SSSR count). The number of hydrogen-bond acceptors (Lipinski definition) is 5. The molecule has 4 N–H and O–H groups in total. The smallest absolute Gasteiger partial charge is 0.368 e. The predicted molar refractivity (Wildman–Crippen MR) is 173 cm³/mol. The number of carbonyl (C=O) groups excluding carboxylic acids is 4. The average molecular weight is 886 g/mol. The number of aromatic nitrogens is 1. The molecule has 1 unspecified atom stereocenters. The van der Waals surface area contributed by atoms with Crippen LogP contribution in [0.25, 0.3) is 10.9 Å². The molecule has 0 spiro atoms. The van der Waals surface area contributed by atoms with Gasteiger partial charge in [-0.25, -0.2) is 0 Å². The van der Waals surface area contributed by atoms with E-state index in [1.165, 1.54) is 0 Å². The molecule has 13 heteroatoms. The molecule has 230 valence electrons. The number of hydrogen-bond donors (Lipinski definition) is 4. The van der Waals surface area contributed by atoms with Crippen LogP contribution in [0.1, 0.15) is 70.8 Å². The predicted octanol–water partition coefficient (Wildman–Crippen LogP) is 0.419. The second-order valence-corrected chi connectivity index (χ2v) is 9.52. The number of nitrogens with two attached hydrogens (primary N) is 1. The third kappa shape index (κ3) is 18.3. The Morgan fingerprint density at radius 1 is 1.14 bits per heavy atom. The van der Waals surface area contributed by atoms with Gasteiger partial charge >= 0.3 is 138 Å². The van der Waals surface area contributed by atoms with Crippen LogP contribution < -0.4 is 149 Å². The average Bonchev–Trinajstić information content (AvgIpc) is 3.66. The van der Waals surface area contributed by atoms with Crippen molar-refractivity contribution in [3.8, 4) is 0 Å². The largest absolute Gasteiger partial charge is 1.00 e. The van der Waals surface area contributed by atoms with Crippen LogP contribution in [-0.2, 0) is 14.4 Å². The molecule has 2 fully saturated rings. The standard InChI is InChI=1S/C17H19Cl2N3O2.C4H7NO.C3H6O.C2H6.CH4S.2CH3.2Cs/c1-8(2)9-3-15(16(20)23)22(7-9)17(24)14-6-11-12(19)4-10(18)5-13(11)21-14;6-4-2-1-3-5-4;1-2-3-4;2*1-2;;;;/h4-6,8-9,15,21H,3,7H2,1-2H3,(H2,20,23);1-3H2,(H,5,6);3H,2H2,1H3;1-2H3;2H,1H3;2*1H3;;/q;;;;;2*-1;2*+1/t9?,15-;;;;;;;;/m0......../s1. The molecular formula is C29H48Cl2Cs2N4O4S. The van der Waals surface area contributed by atoms with Crippen molar-refractivity contribution in [2.45, 2.75) is 66.3 Å². The second-order valence-electron chi connectivity index (χ2n) is 8.68. The van der Waals surface area contributed by atoms with E-state index in [1.807, 2.05) is 20.8 Å². The normalized spacial score (nSPS) is 15.9. The summed E-state index contributed by atoms with van der Waals surface area (Å²) in [5, 5.41) is 4.37. The van der Waals surface area contributed by atoms with Crippen molar-refractivity contribution in [3.63, 3.8) is 0 Å². The Bertz CT molecular complexity index is 1050. The van der Waals surface area contributed by atoms with Crippen molar-refractivity contribution in [1.82, 2.24) is 15.2 Å². The van der Waals surface area contributed by atoms with Crippen LogP contribution in [0.5, 0.6) is 0 Å². The Morgan fingerprint density at radius 3 is 2.07 bits per heavy atom. The molecule has 2 aromatic rings. The number of likely N-dealkylation sites (tertiary alicyclic amines) is 1. The second kappa shape index (κ2) is 30.2. The van der Waals surface area contributed by atoms with Gasteiger partial charge < -0.3 is 40.6 Å². The first-order chi connectivity index (χ1) is 18.1. The van der Waals surface area contributed by atoms with Gasteiger partial charge in [-0.1, -0.05) is 57.8 Å². The van der Waals surface area contributed by atoms with Gasteiger partial charge in [0.2, 0.25) is 11.8 Å². The number of benzene rings is 1. The first-order valence-corrected chi connectivity index (χ1v) is 14.5. The summed E-state index contributed by atoms with van der Waals surface area (Å²) in [4.78, 5) is 48.6. The molecule has 2 aliphatic heterocycles. The number of aldehydes is 1. The number of carbonyl (C=O) groups is 4. The maximum atomic E-state index is 12.9. The van der Waals surface area contributed by atoms with E-state index in [0.29, 0.717) is 46.6 Å². The van der Waals surface area contributed by atoms with Crippen molar-refractivity contribution in [1.29, 1.82) is 0 Å². The molecule has 1 aromatic carbocycles. The Hall–Kier alpha value is 1.87. The Morgan fingerprint density at radius 2 is 1.69 bits per heavy atom. The summed E-state index contributed by atoms with van der Waals surface area (Å²) in [5.41, 5.74) is 6.57. The van der Waals surface area contributed by atoms with Crippen molar-refractivity contribution in [2.75, 3.05) is 19.3 Å². The molecule has 0 saturated carbocycles. The van der Waals surface area contributed by atoms with E-state index in [4.69, 9.17) is 28.9 Å². The van der Waals surface area contributed by atoms with Crippen LogP contribution in [0.4, 0.5) is 0 Å². The van der Waals surface area contributed by atoms with E-state index in [0.717, 1.165) is 31.1 Å². The van der Waals surface area contributed by atoms with Crippen molar-refractivity contribution in [2.24, 2.45) is 17.6 Å². The van der Waals surface area contributed by atoms with E-state index in [9.17, 15) is 19.2 Å². The molecule has 2 atom stereocenters. The van der Waals surface area contributed by atoms with Crippen LogP contribution >= 0.6 is 35.8 Å². The van der Waals surface area contributed by atoms with Crippen LogP contribution in [-0.4, -0.2) is 59.3 Å². The summed E-state index contributed by atoms with van der Waals surface area (Å²) >= 11 is 15.7. The Balaban J connectivity index is -0.000000215. The zero-order valence-corrected chi connectivity index (χ0v) is 42.1. The monoisotopic (exact) mass is 884 g/mol. The summed E-state index contributed by atoms with van der Waals surface area (Å²) in [5.74, 6) is 0.124. The minimum atomic E-state index is -0.574. The van der Waals surface area contributed by atoms with E-state index in [1.54, 1.807) is 29.4 Å². The molecule has 2 aliphatic rings. The van der Waals surface area contributed by atoms with Gasteiger partial charge in [0.1, 0.15) is 18.0 Å². The number of rotatable bonds is 4. The third-order valence-corrected chi connectivity index (χ3v) is 6.35. The minimum absolute atomic E-state index is 0. The Labute approximate surface area is 387 Å². The van der Waals surface area contributed by atoms with E-state index in [-0.39, 0.29) is 170 Å². The fourth-order valence-electron chi connectivity index (χ4n) is 3.84. The van der Waals surface area contributed by atoms with Crippen molar-refractivity contribution >= 4 is 70.7 Å². The fraction of sp³-hybridized carbons (Fsp3) is 0.517. The van der Waals surface area contributed by atoms with Gasteiger partial charge in [0, 0.05) is 41.9 Å². The van der Waals surface area contributed by atoms with Crippen LogP contribution in [0.2, 0.25) is 10.0 Å². The third-order valence-electron chi connectivity index (χ3n) is 5.82. The maximum absolute atomic E-state index is 12.9. The van der Waals surface area contributed by atoms with Gasteiger partial charge in [0.05, 0.1) is 5.02 Å². The minimum Gasteiger partial charge on any atom is -0.368 e. The number of H-pyrrole nitrogens is 1. The zero-order valence-electron chi connectivity index (χ0n) is 27.1. The summed E-state index contributed by atoms with van der Waals surface area (Å²) in [7, 11) is 0. The quantitative estimate of drug-likeness (QED) is 0.202. The number of thiol groups is 1. The number of nitrogens with one attached hydrogen (secondary N) is 2. The van der Waals surface area contributed by atoms with Crippen molar-refractivity contribution < 1.29 is 157 Å². The van der Waals surface area contributed by atoms with E-state index >= 15 is 0 Å². The van der Waals surface area contributed by atoms with Crippen LogP contribution in [0, 0.1) is 26.7 Å². The maximum Gasteiger partial charge on any atom is 1.00 e. The molecule has 0 bridgehead atoms. The zero-order chi connectivity index (χ0) is 29.4. The van der Waals surface area contributed by atoms with Gasteiger partial charge in [0.25, 0.3) is 5.91 Å². The summed E-state index contributed by atoms with van der Waals surface area (Å²) in [6, 6.07) is 4.46. The number of primary amides is 1. The van der Waals surface area contributed by atoms with Crippen molar-refractivity contribution in [3.05, 3.63) is 48.8 Å². The van der Waals surface area contributed by atoms with Crippen LogP contribution in [0.3, 0.4) is 0 Å². The van der Waals surface area contributed by atoms with Gasteiger partial charge in [-0.05, 0) is 49.1 Å². The molecule has 0 radical (unpaired) electrons. The Kier molecular flexibility index (Phi) is 38.4. The number of nitrogens with zero attached hydrogens (tertiary/aromatic N) is 1. The van der Waals surface area contributed by atoms with Crippen LogP contribution in [0.15, 0.2) is 18.2 Å². The number of aromatic amines is 1. The molecule has 8 nitrogen and oxygen atoms in total. The van der Waals surface area contributed by atoms with Gasteiger partial charge in [-0.2, -0.15) is 12.6 Å². The van der Waals surface area contributed by atoms with E-state index < -0.39 is 11.9 Å². The number of halogens is 2. The molecule has 3 amide bonds. The van der Waals surface area contributed by atoms with Gasteiger partial charge in [-0.3, -0.25) is 14.4 Å².